The zero-order valence-corrected chi connectivity index (χ0v) is 11.4. The third kappa shape index (κ3) is 4.46. The van der Waals surface area contributed by atoms with Crippen LogP contribution in [0.3, 0.4) is 0 Å². The summed E-state index contributed by atoms with van der Waals surface area (Å²) in [7, 11) is 0. The van der Waals surface area contributed by atoms with Crippen LogP contribution < -0.4 is 5.32 Å². The molecule has 0 radical (unpaired) electrons. The van der Waals surface area contributed by atoms with Crippen molar-refractivity contribution in [1.29, 1.82) is 0 Å². The summed E-state index contributed by atoms with van der Waals surface area (Å²) in [5.74, 6) is -0.321. The highest BCUT2D eigenvalue weighted by molar-refractivity contribution is 6.36. The van der Waals surface area contributed by atoms with Crippen LogP contribution in [0, 0.1) is 0 Å². The minimum Gasteiger partial charge on any atom is -0.393 e. The largest absolute Gasteiger partial charge is 0.393 e. The van der Waals surface area contributed by atoms with Gasteiger partial charge in [0.05, 0.1) is 13.0 Å². The standard InChI is InChI=1S/C12H15Cl2NO3/c1-12(18,7-16)6-15-11(17)5-8-9(13)3-2-4-10(8)14/h2-4,16,18H,5-7H2,1H3,(H,15,17). The Morgan fingerprint density at radius 1 is 1.39 bits per heavy atom. The van der Waals surface area contributed by atoms with E-state index >= 15 is 0 Å². The van der Waals surface area contributed by atoms with Crippen LogP contribution in [0.5, 0.6) is 0 Å². The molecule has 3 N–H and O–H groups in total. The van der Waals surface area contributed by atoms with Crippen molar-refractivity contribution in [3.05, 3.63) is 33.8 Å². The molecule has 0 aliphatic heterocycles. The second-order valence-electron chi connectivity index (χ2n) is 4.31. The molecule has 1 amide bonds. The summed E-state index contributed by atoms with van der Waals surface area (Å²) in [6.07, 6.45) is 0.0278. The highest BCUT2D eigenvalue weighted by Crippen LogP contribution is 2.24. The maximum atomic E-state index is 11.7. The van der Waals surface area contributed by atoms with Gasteiger partial charge in [0.1, 0.15) is 5.60 Å². The van der Waals surface area contributed by atoms with E-state index in [-0.39, 0.29) is 18.9 Å². The van der Waals surface area contributed by atoms with Gasteiger partial charge in [-0.05, 0) is 24.6 Å². The number of hydrogen-bond acceptors (Lipinski definition) is 3. The molecule has 0 fully saturated rings. The number of hydrogen-bond donors (Lipinski definition) is 3. The van der Waals surface area contributed by atoms with Crippen molar-refractivity contribution >= 4 is 29.1 Å². The van der Waals surface area contributed by atoms with E-state index in [1.807, 2.05) is 0 Å². The summed E-state index contributed by atoms with van der Waals surface area (Å²) >= 11 is 11.9. The number of aliphatic hydroxyl groups is 2. The lowest BCUT2D eigenvalue weighted by Crippen LogP contribution is -2.43. The molecular formula is C12H15Cl2NO3. The summed E-state index contributed by atoms with van der Waals surface area (Å²) < 4.78 is 0. The van der Waals surface area contributed by atoms with Crippen molar-refractivity contribution in [1.82, 2.24) is 5.32 Å². The van der Waals surface area contributed by atoms with Crippen molar-refractivity contribution in [2.45, 2.75) is 18.9 Å². The Morgan fingerprint density at radius 2 is 1.94 bits per heavy atom. The van der Waals surface area contributed by atoms with E-state index in [1.54, 1.807) is 18.2 Å². The predicted octanol–water partition coefficient (Wildman–Crippen LogP) is 1.40. The lowest BCUT2D eigenvalue weighted by Gasteiger charge is -2.20. The highest BCUT2D eigenvalue weighted by Gasteiger charge is 2.20. The van der Waals surface area contributed by atoms with E-state index in [0.717, 1.165) is 0 Å². The van der Waals surface area contributed by atoms with E-state index in [9.17, 15) is 9.90 Å². The molecule has 0 aliphatic carbocycles. The van der Waals surface area contributed by atoms with Gasteiger partial charge in [-0.1, -0.05) is 29.3 Å². The third-order valence-corrected chi connectivity index (χ3v) is 3.11. The number of aliphatic hydroxyl groups excluding tert-OH is 1. The molecule has 0 spiro atoms. The molecule has 0 bridgehead atoms. The smallest absolute Gasteiger partial charge is 0.224 e. The molecular weight excluding hydrogens is 277 g/mol. The normalized spacial score (nSPS) is 14.1. The number of amides is 1. The van der Waals surface area contributed by atoms with Crippen molar-refractivity contribution in [2.75, 3.05) is 13.2 Å². The van der Waals surface area contributed by atoms with Crippen LogP contribution in [0.25, 0.3) is 0 Å². The van der Waals surface area contributed by atoms with Gasteiger partial charge < -0.3 is 15.5 Å². The Bertz CT molecular complexity index is 415. The van der Waals surface area contributed by atoms with Gasteiger partial charge >= 0.3 is 0 Å². The molecule has 0 aromatic heterocycles. The van der Waals surface area contributed by atoms with Crippen LogP contribution in [0.4, 0.5) is 0 Å². The first-order valence-corrected chi connectivity index (χ1v) is 6.14. The van der Waals surface area contributed by atoms with Crippen LogP contribution in [-0.2, 0) is 11.2 Å². The minimum absolute atomic E-state index is 0.0278. The zero-order chi connectivity index (χ0) is 13.8. The third-order valence-electron chi connectivity index (χ3n) is 2.41. The molecule has 1 aromatic carbocycles. The topological polar surface area (TPSA) is 69.6 Å². The Morgan fingerprint density at radius 3 is 2.44 bits per heavy atom. The van der Waals surface area contributed by atoms with Crippen molar-refractivity contribution < 1.29 is 15.0 Å². The van der Waals surface area contributed by atoms with Gasteiger partial charge in [-0.3, -0.25) is 4.79 Å². The maximum absolute atomic E-state index is 11.7. The Balaban J connectivity index is 2.61. The molecule has 0 heterocycles. The van der Waals surface area contributed by atoms with E-state index in [2.05, 4.69) is 5.32 Å². The summed E-state index contributed by atoms with van der Waals surface area (Å²) in [6.45, 7) is 0.959. The first kappa shape index (κ1) is 15.2. The van der Waals surface area contributed by atoms with Crippen LogP contribution in [-0.4, -0.2) is 34.9 Å². The van der Waals surface area contributed by atoms with Crippen molar-refractivity contribution in [2.24, 2.45) is 0 Å². The molecule has 1 unspecified atom stereocenters. The van der Waals surface area contributed by atoms with Crippen LogP contribution in [0.15, 0.2) is 18.2 Å². The molecule has 18 heavy (non-hydrogen) atoms. The molecule has 0 saturated carbocycles. The molecule has 4 nitrogen and oxygen atoms in total. The SMILES string of the molecule is CC(O)(CO)CNC(=O)Cc1c(Cl)cccc1Cl. The molecule has 1 atom stereocenters. The average molecular weight is 292 g/mol. The molecule has 100 valence electrons. The predicted molar refractivity (Wildman–Crippen MR) is 70.9 cm³/mol. The van der Waals surface area contributed by atoms with Gasteiger partial charge in [-0.25, -0.2) is 0 Å². The second kappa shape index (κ2) is 6.38. The molecule has 1 aromatic rings. The summed E-state index contributed by atoms with van der Waals surface area (Å²) in [5, 5.41) is 21.7. The maximum Gasteiger partial charge on any atom is 0.224 e. The Labute approximate surface area is 116 Å². The van der Waals surface area contributed by atoms with Gasteiger partial charge in [0.2, 0.25) is 5.91 Å². The molecule has 1 rings (SSSR count). The number of halogens is 2. The number of carbonyl (C=O) groups excluding carboxylic acids is 1. The first-order chi connectivity index (χ1) is 8.35. The molecule has 0 aliphatic rings. The molecule has 6 heteroatoms. The lowest BCUT2D eigenvalue weighted by atomic mass is 10.1. The van der Waals surface area contributed by atoms with Crippen molar-refractivity contribution in [3.63, 3.8) is 0 Å². The lowest BCUT2D eigenvalue weighted by molar-refractivity contribution is -0.121. The number of carbonyl (C=O) groups is 1. The van der Waals surface area contributed by atoms with Crippen LogP contribution in [0.1, 0.15) is 12.5 Å². The van der Waals surface area contributed by atoms with Gasteiger partial charge in [-0.15, -0.1) is 0 Å². The fourth-order valence-electron chi connectivity index (χ4n) is 1.27. The monoisotopic (exact) mass is 291 g/mol. The summed E-state index contributed by atoms with van der Waals surface area (Å²) in [4.78, 5) is 11.7. The fraction of sp³-hybridized carbons (Fsp3) is 0.417. The van der Waals surface area contributed by atoms with E-state index in [0.29, 0.717) is 15.6 Å². The zero-order valence-electron chi connectivity index (χ0n) is 9.91. The van der Waals surface area contributed by atoms with Crippen molar-refractivity contribution in [3.8, 4) is 0 Å². The van der Waals surface area contributed by atoms with E-state index < -0.39 is 12.2 Å². The fourth-order valence-corrected chi connectivity index (χ4v) is 1.80. The molecule has 0 saturated heterocycles. The quantitative estimate of drug-likeness (QED) is 0.768. The van der Waals surface area contributed by atoms with Gasteiger partial charge in [0.25, 0.3) is 0 Å². The number of rotatable bonds is 5. The first-order valence-electron chi connectivity index (χ1n) is 5.38. The average Bonchev–Trinajstić information content (AvgIpc) is 2.32. The van der Waals surface area contributed by atoms with Crippen LogP contribution >= 0.6 is 23.2 Å². The summed E-state index contributed by atoms with van der Waals surface area (Å²) in [5.41, 5.74) is -0.790. The number of nitrogens with one attached hydrogen (secondary N) is 1. The highest BCUT2D eigenvalue weighted by atomic mass is 35.5. The van der Waals surface area contributed by atoms with E-state index in [1.165, 1.54) is 6.92 Å². The Hall–Kier alpha value is -0.810. The van der Waals surface area contributed by atoms with Gasteiger partial charge in [0, 0.05) is 16.6 Å². The van der Waals surface area contributed by atoms with Gasteiger partial charge in [-0.2, -0.15) is 0 Å². The van der Waals surface area contributed by atoms with Crippen LogP contribution in [0.2, 0.25) is 10.0 Å². The minimum atomic E-state index is -1.33. The Kier molecular flexibility index (Phi) is 5.41. The van der Waals surface area contributed by atoms with E-state index in [4.69, 9.17) is 28.3 Å². The number of benzene rings is 1. The summed E-state index contributed by atoms with van der Waals surface area (Å²) in [6, 6.07) is 5.00. The second-order valence-corrected chi connectivity index (χ2v) is 5.12. The van der Waals surface area contributed by atoms with Gasteiger partial charge in [0.15, 0.2) is 0 Å².